The number of carbonyl (C=O) groups excluding carboxylic acids is 2. The molecule has 1 heterocycles. The Balaban J connectivity index is 1.91. The maximum absolute atomic E-state index is 11.8. The first-order valence-electron chi connectivity index (χ1n) is 6.04. The second-order valence-corrected chi connectivity index (χ2v) is 4.87. The van der Waals surface area contributed by atoms with Crippen molar-refractivity contribution in [3.05, 3.63) is 46.0 Å². The molecule has 0 saturated heterocycles. The van der Waals surface area contributed by atoms with Crippen LogP contribution in [0.15, 0.2) is 24.3 Å². The maximum atomic E-state index is 11.8. The minimum atomic E-state index is -0.477. The third-order valence-electron chi connectivity index (χ3n) is 2.60. The van der Waals surface area contributed by atoms with Crippen molar-refractivity contribution in [2.75, 3.05) is 6.54 Å². The van der Waals surface area contributed by atoms with Crippen molar-refractivity contribution in [2.24, 2.45) is 5.73 Å². The summed E-state index contributed by atoms with van der Waals surface area (Å²) in [6.07, 6.45) is 0. The molecule has 0 atom stereocenters. The van der Waals surface area contributed by atoms with Gasteiger partial charge in [0.15, 0.2) is 0 Å². The van der Waals surface area contributed by atoms with Crippen LogP contribution in [0.3, 0.4) is 0 Å². The number of primary amides is 1. The summed E-state index contributed by atoms with van der Waals surface area (Å²) >= 11 is 1.05. The number of aryl methyl sites for hydroxylation is 1. The molecular weight excluding hydrogens is 288 g/mol. The largest absolute Gasteiger partial charge is 0.366 e. The third-order valence-corrected chi connectivity index (χ3v) is 3.42. The fourth-order valence-electron chi connectivity index (χ4n) is 1.51. The first kappa shape index (κ1) is 14.7. The van der Waals surface area contributed by atoms with Gasteiger partial charge in [-0.3, -0.25) is 9.59 Å². The van der Waals surface area contributed by atoms with E-state index in [1.54, 1.807) is 31.2 Å². The van der Waals surface area contributed by atoms with Crippen molar-refractivity contribution in [1.82, 2.24) is 14.9 Å². The Labute approximate surface area is 125 Å². The highest BCUT2D eigenvalue weighted by Crippen LogP contribution is 2.07. The average molecular weight is 300 g/mol. The summed E-state index contributed by atoms with van der Waals surface area (Å²) in [5.41, 5.74) is 6.92. The molecule has 6 nitrogen and oxygen atoms in total. The monoisotopic (exact) mass is 300 g/mol. The van der Waals surface area contributed by atoms with Crippen LogP contribution in [0.4, 0.5) is 0 Å². The van der Waals surface area contributed by atoms with Crippen LogP contribution in [-0.4, -0.2) is 27.9 Å². The predicted molar refractivity (Wildman–Crippen MR) is 78.8 cm³/mol. The zero-order chi connectivity index (χ0) is 15.2. The summed E-state index contributed by atoms with van der Waals surface area (Å²) in [5, 5.41) is 6.44. The van der Waals surface area contributed by atoms with Crippen LogP contribution < -0.4 is 11.1 Å². The number of hydrogen-bond donors (Lipinski definition) is 2. The van der Waals surface area contributed by atoms with Gasteiger partial charge >= 0.3 is 0 Å². The van der Waals surface area contributed by atoms with E-state index in [1.165, 1.54) is 0 Å². The SMILES string of the molecule is Cc1nnsc1C(=O)NCC#Cc1ccc(C(N)=O)cc1. The quantitative estimate of drug-likeness (QED) is 0.816. The maximum Gasteiger partial charge on any atom is 0.265 e. The highest BCUT2D eigenvalue weighted by atomic mass is 32.1. The number of nitrogens with one attached hydrogen (secondary N) is 1. The smallest absolute Gasteiger partial charge is 0.265 e. The second kappa shape index (κ2) is 6.63. The summed E-state index contributed by atoms with van der Waals surface area (Å²) in [7, 11) is 0. The van der Waals surface area contributed by atoms with E-state index in [2.05, 4.69) is 26.7 Å². The first-order chi connectivity index (χ1) is 10.1. The van der Waals surface area contributed by atoms with Gasteiger partial charge in [0.25, 0.3) is 5.91 Å². The van der Waals surface area contributed by atoms with E-state index < -0.39 is 5.91 Å². The molecule has 0 radical (unpaired) electrons. The van der Waals surface area contributed by atoms with Gasteiger partial charge in [0.05, 0.1) is 12.2 Å². The number of carbonyl (C=O) groups is 2. The zero-order valence-corrected chi connectivity index (χ0v) is 12.0. The van der Waals surface area contributed by atoms with Gasteiger partial charge in [-0.25, -0.2) is 0 Å². The van der Waals surface area contributed by atoms with E-state index in [0.29, 0.717) is 16.1 Å². The van der Waals surface area contributed by atoms with E-state index >= 15 is 0 Å². The summed E-state index contributed by atoms with van der Waals surface area (Å²) in [4.78, 5) is 23.2. The van der Waals surface area contributed by atoms with E-state index in [0.717, 1.165) is 17.1 Å². The van der Waals surface area contributed by atoms with Crippen molar-refractivity contribution in [3.8, 4) is 11.8 Å². The number of amides is 2. The van der Waals surface area contributed by atoms with Gasteiger partial charge in [-0.05, 0) is 42.7 Å². The molecule has 0 saturated carbocycles. The molecule has 1 aromatic carbocycles. The van der Waals surface area contributed by atoms with Crippen LogP contribution in [0.2, 0.25) is 0 Å². The van der Waals surface area contributed by atoms with Crippen molar-refractivity contribution in [1.29, 1.82) is 0 Å². The molecule has 0 aliphatic carbocycles. The van der Waals surface area contributed by atoms with Crippen LogP contribution >= 0.6 is 11.5 Å². The summed E-state index contributed by atoms with van der Waals surface area (Å²) in [6, 6.07) is 6.62. The fraction of sp³-hybridized carbons (Fsp3) is 0.143. The Morgan fingerprint density at radius 3 is 2.62 bits per heavy atom. The Kier molecular flexibility index (Phi) is 4.64. The minimum absolute atomic E-state index is 0.216. The lowest BCUT2D eigenvalue weighted by Crippen LogP contribution is -2.23. The lowest BCUT2D eigenvalue weighted by atomic mass is 10.1. The molecular formula is C14H12N4O2S. The van der Waals surface area contributed by atoms with Crippen LogP contribution in [0.5, 0.6) is 0 Å². The van der Waals surface area contributed by atoms with Gasteiger partial charge < -0.3 is 11.1 Å². The van der Waals surface area contributed by atoms with Crippen molar-refractivity contribution >= 4 is 23.3 Å². The number of hydrogen-bond acceptors (Lipinski definition) is 5. The van der Waals surface area contributed by atoms with Gasteiger partial charge in [-0.2, -0.15) is 0 Å². The summed E-state index contributed by atoms with van der Waals surface area (Å²) in [6.45, 7) is 1.94. The molecule has 2 aromatic rings. The van der Waals surface area contributed by atoms with Crippen LogP contribution in [0.1, 0.15) is 31.3 Å². The fourth-order valence-corrected chi connectivity index (χ4v) is 2.08. The molecule has 0 spiro atoms. The van der Waals surface area contributed by atoms with E-state index in [-0.39, 0.29) is 12.5 Å². The molecule has 106 valence electrons. The second-order valence-electron chi connectivity index (χ2n) is 4.11. The molecule has 0 aliphatic heterocycles. The van der Waals surface area contributed by atoms with Crippen LogP contribution in [0.25, 0.3) is 0 Å². The van der Waals surface area contributed by atoms with Crippen molar-refractivity contribution < 1.29 is 9.59 Å². The molecule has 21 heavy (non-hydrogen) atoms. The molecule has 0 aliphatic rings. The Morgan fingerprint density at radius 1 is 1.33 bits per heavy atom. The van der Waals surface area contributed by atoms with Gasteiger partial charge in [-0.15, -0.1) is 5.10 Å². The highest BCUT2D eigenvalue weighted by molar-refractivity contribution is 7.07. The Hall–Kier alpha value is -2.72. The zero-order valence-electron chi connectivity index (χ0n) is 11.2. The minimum Gasteiger partial charge on any atom is -0.366 e. The molecule has 3 N–H and O–H groups in total. The number of benzene rings is 1. The average Bonchev–Trinajstić information content (AvgIpc) is 2.90. The van der Waals surface area contributed by atoms with Gasteiger partial charge in [0, 0.05) is 11.1 Å². The number of rotatable bonds is 3. The van der Waals surface area contributed by atoms with Crippen LogP contribution in [-0.2, 0) is 0 Å². The van der Waals surface area contributed by atoms with E-state index in [4.69, 9.17) is 5.73 Å². The van der Waals surface area contributed by atoms with E-state index in [1.807, 2.05) is 0 Å². The van der Waals surface area contributed by atoms with Gasteiger partial charge in [-0.1, -0.05) is 16.3 Å². The summed E-state index contributed by atoms with van der Waals surface area (Å²) < 4.78 is 3.70. The van der Waals surface area contributed by atoms with Crippen molar-refractivity contribution in [2.45, 2.75) is 6.92 Å². The number of aromatic nitrogens is 2. The lowest BCUT2D eigenvalue weighted by Gasteiger charge is -1.97. The molecule has 2 rings (SSSR count). The van der Waals surface area contributed by atoms with Gasteiger partial charge in [0.1, 0.15) is 4.88 Å². The Bertz CT molecular complexity index is 725. The number of nitrogens with two attached hydrogens (primary N) is 1. The molecule has 1 aromatic heterocycles. The van der Waals surface area contributed by atoms with Crippen LogP contribution in [0, 0.1) is 18.8 Å². The molecule has 7 heteroatoms. The molecule has 0 bridgehead atoms. The third kappa shape index (κ3) is 3.87. The lowest BCUT2D eigenvalue weighted by molar-refractivity contribution is 0.0960. The molecule has 2 amide bonds. The normalized spacial score (nSPS) is 9.57. The Morgan fingerprint density at radius 2 is 2.05 bits per heavy atom. The van der Waals surface area contributed by atoms with E-state index in [9.17, 15) is 9.59 Å². The van der Waals surface area contributed by atoms with Gasteiger partial charge in [0.2, 0.25) is 5.91 Å². The first-order valence-corrected chi connectivity index (χ1v) is 6.81. The topological polar surface area (TPSA) is 98.0 Å². The molecule has 0 fully saturated rings. The number of nitrogens with zero attached hydrogens (tertiary/aromatic N) is 2. The predicted octanol–water partition coefficient (Wildman–Crippen LogP) is 0.727. The molecule has 0 unspecified atom stereocenters. The summed E-state index contributed by atoms with van der Waals surface area (Å²) in [5.74, 6) is 5.00. The standard InChI is InChI=1S/C14H12N4O2S/c1-9-12(21-18-17-9)14(20)16-8-2-3-10-4-6-11(7-5-10)13(15)19/h4-7H,8H2,1H3,(H2,15,19)(H,16,20). The highest BCUT2D eigenvalue weighted by Gasteiger charge is 2.11. The van der Waals surface area contributed by atoms with Crippen molar-refractivity contribution in [3.63, 3.8) is 0 Å².